The fourth-order valence-electron chi connectivity index (χ4n) is 2.24. The van der Waals surface area contributed by atoms with Gasteiger partial charge in [-0.1, -0.05) is 34.1 Å². The Bertz CT molecular complexity index is 777. The topological polar surface area (TPSA) is 32.9 Å². The Morgan fingerprint density at radius 1 is 1.15 bits per heavy atom. The molecule has 0 bridgehead atoms. The lowest BCUT2D eigenvalue weighted by atomic mass is 10.0. The van der Waals surface area contributed by atoms with Crippen molar-refractivity contribution < 1.29 is 9.18 Å². The number of fused-ring (bicyclic) bond motifs is 1. The average Bonchev–Trinajstić information content (AvgIpc) is 2.87. The van der Waals surface area contributed by atoms with Crippen LogP contribution < -0.4 is 0 Å². The van der Waals surface area contributed by atoms with E-state index in [1.165, 1.54) is 12.1 Å². The second kappa shape index (κ2) is 5.21. The molecule has 2 aromatic carbocycles. The van der Waals surface area contributed by atoms with Crippen LogP contribution in [-0.2, 0) is 6.42 Å². The third kappa shape index (κ3) is 2.39. The van der Waals surface area contributed by atoms with Gasteiger partial charge in [-0.05, 0) is 29.8 Å². The number of carbonyl (C=O) groups excluding carboxylic acids is 1. The molecule has 3 rings (SSSR count). The van der Waals surface area contributed by atoms with Crippen molar-refractivity contribution in [1.82, 2.24) is 4.98 Å². The van der Waals surface area contributed by atoms with Crippen molar-refractivity contribution in [3.63, 3.8) is 0 Å². The van der Waals surface area contributed by atoms with Crippen molar-refractivity contribution >= 4 is 32.6 Å². The maximum absolute atomic E-state index is 12.9. The zero-order valence-electron chi connectivity index (χ0n) is 10.5. The lowest BCUT2D eigenvalue weighted by molar-refractivity contribution is 0.0994. The van der Waals surface area contributed by atoms with E-state index in [1.54, 1.807) is 18.3 Å². The number of ketones is 1. The second-order valence-corrected chi connectivity index (χ2v) is 5.45. The molecule has 0 spiro atoms. The monoisotopic (exact) mass is 331 g/mol. The molecule has 0 amide bonds. The first-order chi connectivity index (χ1) is 9.65. The van der Waals surface area contributed by atoms with Crippen LogP contribution in [0.15, 0.2) is 53.1 Å². The number of H-pyrrole nitrogens is 1. The van der Waals surface area contributed by atoms with E-state index in [-0.39, 0.29) is 18.0 Å². The van der Waals surface area contributed by atoms with E-state index >= 15 is 0 Å². The van der Waals surface area contributed by atoms with Gasteiger partial charge in [-0.25, -0.2) is 4.39 Å². The highest BCUT2D eigenvalue weighted by Crippen LogP contribution is 2.27. The maximum atomic E-state index is 12.9. The highest BCUT2D eigenvalue weighted by molar-refractivity contribution is 9.10. The quantitative estimate of drug-likeness (QED) is 0.704. The largest absolute Gasteiger partial charge is 0.360 e. The first-order valence-corrected chi connectivity index (χ1v) is 6.97. The average molecular weight is 332 g/mol. The van der Waals surface area contributed by atoms with Gasteiger partial charge >= 0.3 is 0 Å². The van der Waals surface area contributed by atoms with Gasteiger partial charge in [0.25, 0.3) is 0 Å². The number of hydrogen-bond acceptors (Lipinski definition) is 1. The molecule has 1 aromatic heterocycles. The zero-order chi connectivity index (χ0) is 14.1. The molecule has 0 saturated carbocycles. The number of halogens is 2. The molecule has 0 atom stereocenters. The normalized spacial score (nSPS) is 10.9. The van der Waals surface area contributed by atoms with Crippen molar-refractivity contribution in [3.8, 4) is 0 Å². The van der Waals surface area contributed by atoms with Crippen molar-refractivity contribution in [2.45, 2.75) is 6.42 Å². The fourth-order valence-corrected chi connectivity index (χ4v) is 2.82. The number of aromatic amines is 1. The Morgan fingerprint density at radius 3 is 2.65 bits per heavy atom. The number of carbonyl (C=O) groups is 1. The molecule has 4 heteroatoms. The Balaban J connectivity index is 1.95. The van der Waals surface area contributed by atoms with Crippen molar-refractivity contribution in [2.75, 3.05) is 0 Å². The summed E-state index contributed by atoms with van der Waals surface area (Å²) >= 11 is 3.47. The van der Waals surface area contributed by atoms with Gasteiger partial charge in [0.15, 0.2) is 5.78 Å². The third-order valence-electron chi connectivity index (χ3n) is 3.23. The molecule has 1 heterocycles. The first kappa shape index (κ1) is 13.1. The molecule has 0 unspecified atom stereocenters. The van der Waals surface area contributed by atoms with Crippen LogP contribution >= 0.6 is 15.9 Å². The van der Waals surface area contributed by atoms with Crippen LogP contribution in [0.4, 0.5) is 4.39 Å². The van der Waals surface area contributed by atoms with Gasteiger partial charge in [0.1, 0.15) is 5.82 Å². The van der Waals surface area contributed by atoms with Crippen LogP contribution in [0.3, 0.4) is 0 Å². The predicted octanol–water partition coefficient (Wildman–Crippen LogP) is 4.49. The SMILES string of the molecule is O=C(Cc1ccc(F)cc1)c1c[nH]c2cccc(Br)c12. The second-order valence-electron chi connectivity index (χ2n) is 4.59. The van der Waals surface area contributed by atoms with E-state index in [1.807, 2.05) is 18.2 Å². The summed E-state index contributed by atoms with van der Waals surface area (Å²) in [5.74, 6) is -0.286. The van der Waals surface area contributed by atoms with Crippen LogP contribution in [0.2, 0.25) is 0 Å². The molecule has 3 aromatic rings. The zero-order valence-corrected chi connectivity index (χ0v) is 12.1. The van der Waals surface area contributed by atoms with E-state index in [9.17, 15) is 9.18 Å². The van der Waals surface area contributed by atoms with E-state index < -0.39 is 0 Å². The Hall–Kier alpha value is -1.94. The summed E-state index contributed by atoms with van der Waals surface area (Å²) in [4.78, 5) is 15.5. The van der Waals surface area contributed by atoms with Gasteiger partial charge in [0, 0.05) is 33.6 Å². The van der Waals surface area contributed by atoms with Crippen LogP contribution in [0.1, 0.15) is 15.9 Å². The third-order valence-corrected chi connectivity index (χ3v) is 3.89. The van der Waals surface area contributed by atoms with Gasteiger partial charge in [0.05, 0.1) is 0 Å². The Kier molecular flexibility index (Phi) is 3.40. The molecule has 100 valence electrons. The van der Waals surface area contributed by atoms with Crippen LogP contribution in [0.25, 0.3) is 10.9 Å². The van der Waals surface area contributed by atoms with Crippen molar-refractivity contribution in [1.29, 1.82) is 0 Å². The van der Waals surface area contributed by atoms with E-state index in [0.29, 0.717) is 5.56 Å². The molecule has 0 fully saturated rings. The molecule has 0 saturated heterocycles. The summed E-state index contributed by atoms with van der Waals surface area (Å²) in [6.45, 7) is 0. The molecule has 2 nitrogen and oxygen atoms in total. The molecule has 0 aliphatic carbocycles. The van der Waals surface area contributed by atoms with Crippen molar-refractivity contribution in [2.24, 2.45) is 0 Å². The summed E-state index contributed by atoms with van der Waals surface area (Å²) in [6.07, 6.45) is 1.98. The lowest BCUT2D eigenvalue weighted by Crippen LogP contribution is -2.03. The minimum Gasteiger partial charge on any atom is -0.360 e. The molecule has 0 radical (unpaired) electrons. The smallest absolute Gasteiger partial charge is 0.169 e. The number of aromatic nitrogens is 1. The maximum Gasteiger partial charge on any atom is 0.169 e. The summed E-state index contributed by atoms with van der Waals surface area (Å²) in [5.41, 5.74) is 2.37. The molecule has 1 N–H and O–H groups in total. The number of nitrogens with one attached hydrogen (secondary N) is 1. The van der Waals surface area contributed by atoms with Crippen LogP contribution in [-0.4, -0.2) is 10.8 Å². The molecular formula is C16H11BrFNO. The van der Waals surface area contributed by atoms with E-state index in [4.69, 9.17) is 0 Å². The lowest BCUT2D eigenvalue weighted by Gasteiger charge is -2.02. The summed E-state index contributed by atoms with van der Waals surface area (Å²) in [6, 6.07) is 11.8. The van der Waals surface area contributed by atoms with Crippen LogP contribution in [0, 0.1) is 5.82 Å². The van der Waals surface area contributed by atoms with E-state index in [2.05, 4.69) is 20.9 Å². The van der Waals surface area contributed by atoms with Gasteiger partial charge < -0.3 is 4.98 Å². The summed E-state index contributed by atoms with van der Waals surface area (Å²) in [5, 5.41) is 0.889. The van der Waals surface area contributed by atoms with Crippen molar-refractivity contribution in [3.05, 3.63) is 70.1 Å². The van der Waals surface area contributed by atoms with E-state index in [0.717, 1.165) is 20.9 Å². The standard InChI is InChI=1S/C16H11BrFNO/c17-13-2-1-3-14-16(13)12(9-19-14)15(20)8-10-4-6-11(18)7-5-10/h1-7,9,19H,8H2. The predicted molar refractivity (Wildman–Crippen MR) is 80.4 cm³/mol. The van der Waals surface area contributed by atoms with Gasteiger partial charge in [-0.2, -0.15) is 0 Å². The van der Waals surface area contributed by atoms with Gasteiger partial charge in [-0.15, -0.1) is 0 Å². The number of rotatable bonds is 3. The number of benzene rings is 2. The Labute approximate surface area is 123 Å². The summed E-state index contributed by atoms with van der Waals surface area (Å²) in [7, 11) is 0. The molecule has 0 aliphatic heterocycles. The highest BCUT2D eigenvalue weighted by atomic mass is 79.9. The summed E-state index contributed by atoms with van der Waals surface area (Å²) < 4.78 is 13.8. The minimum atomic E-state index is -0.295. The number of hydrogen-bond donors (Lipinski definition) is 1. The highest BCUT2D eigenvalue weighted by Gasteiger charge is 2.14. The molecular weight excluding hydrogens is 321 g/mol. The first-order valence-electron chi connectivity index (χ1n) is 6.18. The fraction of sp³-hybridized carbons (Fsp3) is 0.0625. The minimum absolute atomic E-state index is 0.00904. The van der Waals surface area contributed by atoms with Crippen LogP contribution in [0.5, 0.6) is 0 Å². The van der Waals surface area contributed by atoms with Gasteiger partial charge in [-0.3, -0.25) is 4.79 Å². The number of Topliss-reactive ketones (excluding diaryl/α,β-unsaturated/α-hetero) is 1. The Morgan fingerprint density at radius 2 is 1.90 bits per heavy atom. The molecule has 20 heavy (non-hydrogen) atoms. The molecule has 0 aliphatic rings. The van der Waals surface area contributed by atoms with Gasteiger partial charge in [0.2, 0.25) is 0 Å².